The van der Waals surface area contributed by atoms with E-state index in [-0.39, 0.29) is 11.7 Å². The highest BCUT2D eigenvalue weighted by Gasteiger charge is 2.18. The van der Waals surface area contributed by atoms with E-state index in [1.165, 1.54) is 11.1 Å². The molecule has 3 N–H and O–H groups in total. The molecule has 4 aromatic rings. The Kier molecular flexibility index (Phi) is 8.63. The van der Waals surface area contributed by atoms with E-state index < -0.39 is 0 Å². The number of hydrogen-bond donors (Lipinski definition) is 2. The van der Waals surface area contributed by atoms with Crippen LogP contribution in [0.15, 0.2) is 121 Å². The number of rotatable bonds is 11. The molecule has 0 aliphatic rings. The van der Waals surface area contributed by atoms with Crippen molar-refractivity contribution in [1.29, 1.82) is 0 Å². The molecule has 0 fully saturated rings. The summed E-state index contributed by atoms with van der Waals surface area (Å²) in [5.74, 6) is 0.0916. The van der Waals surface area contributed by atoms with E-state index >= 15 is 0 Å². The Hall–Kier alpha value is -3.95. The quantitative estimate of drug-likeness (QED) is 0.200. The van der Waals surface area contributed by atoms with Gasteiger partial charge >= 0.3 is 0 Å². The first-order valence-corrected chi connectivity index (χ1v) is 12.1. The number of hydrogen-bond acceptors (Lipinski definition) is 3. The topological polar surface area (TPSA) is 55.1 Å². The van der Waals surface area contributed by atoms with Crippen molar-refractivity contribution in [2.24, 2.45) is 0 Å². The molecule has 0 aliphatic heterocycles. The number of nitrogens with one attached hydrogen (secondary N) is 1. The highest BCUT2D eigenvalue weighted by atomic mass is 16.1. The Morgan fingerprint density at radius 3 is 2.06 bits per heavy atom. The maximum absolute atomic E-state index is 12.9. The van der Waals surface area contributed by atoms with Crippen LogP contribution in [0.4, 0.5) is 5.69 Å². The van der Waals surface area contributed by atoms with Crippen molar-refractivity contribution in [3.05, 3.63) is 149 Å². The number of anilines is 1. The first-order chi connectivity index (χ1) is 17.2. The van der Waals surface area contributed by atoms with Gasteiger partial charge in [-0.05, 0) is 46.4 Å². The van der Waals surface area contributed by atoms with Gasteiger partial charge in [0.2, 0.25) is 0 Å². The van der Waals surface area contributed by atoms with Crippen LogP contribution in [0.3, 0.4) is 0 Å². The van der Waals surface area contributed by atoms with Crippen molar-refractivity contribution in [3.63, 3.8) is 0 Å². The molecule has 0 bridgehead atoms. The molecular formula is C32H32N2O. The van der Waals surface area contributed by atoms with Gasteiger partial charge in [0, 0.05) is 31.1 Å². The van der Waals surface area contributed by atoms with Crippen LogP contribution < -0.4 is 11.1 Å². The molecule has 4 aromatic carbocycles. The number of allylic oxidation sites excluding steroid dienone is 2. The second-order valence-electron chi connectivity index (χ2n) is 8.77. The smallest absolute Gasteiger partial charge is 0.156 e. The third-order valence-corrected chi connectivity index (χ3v) is 6.16. The molecule has 0 saturated heterocycles. The Bertz CT molecular complexity index is 1230. The summed E-state index contributed by atoms with van der Waals surface area (Å²) in [7, 11) is 0. The van der Waals surface area contributed by atoms with Gasteiger partial charge in [0.1, 0.15) is 0 Å². The van der Waals surface area contributed by atoms with Gasteiger partial charge in [-0.2, -0.15) is 0 Å². The molecule has 3 nitrogen and oxygen atoms in total. The number of nitrogen functional groups attached to an aromatic ring is 1. The molecule has 0 aromatic heterocycles. The minimum absolute atomic E-state index is 0.0291. The molecule has 35 heavy (non-hydrogen) atoms. The van der Waals surface area contributed by atoms with E-state index in [4.69, 9.17) is 5.73 Å². The molecule has 0 aliphatic carbocycles. The van der Waals surface area contributed by atoms with Gasteiger partial charge in [0.15, 0.2) is 5.78 Å². The lowest BCUT2D eigenvalue weighted by atomic mass is 9.86. The summed E-state index contributed by atoms with van der Waals surface area (Å²) in [6.45, 7) is 1.44. The fourth-order valence-corrected chi connectivity index (χ4v) is 4.26. The highest BCUT2D eigenvalue weighted by Crippen LogP contribution is 2.30. The van der Waals surface area contributed by atoms with E-state index in [9.17, 15) is 4.79 Å². The van der Waals surface area contributed by atoms with E-state index in [0.29, 0.717) is 13.0 Å². The van der Waals surface area contributed by atoms with Crippen molar-refractivity contribution in [2.75, 3.05) is 5.73 Å². The van der Waals surface area contributed by atoms with Gasteiger partial charge < -0.3 is 11.1 Å². The third kappa shape index (κ3) is 7.26. The van der Waals surface area contributed by atoms with Crippen LogP contribution in [-0.2, 0) is 24.3 Å². The minimum atomic E-state index is -0.0291. The number of carbonyl (C=O) groups excluding carboxylic acids is 1. The molecule has 0 amide bonds. The average molecular weight is 461 g/mol. The van der Waals surface area contributed by atoms with Crippen LogP contribution in [0, 0.1) is 0 Å². The number of carbonyl (C=O) groups is 1. The first-order valence-electron chi connectivity index (χ1n) is 12.1. The standard InChI is InChI=1S/C32H32N2O/c33-32-20-19-28(21-29(32)24-34-23-26-13-6-2-7-14-26)31(27-16-8-3-9-17-27)22-30(35)18-10-15-25-11-4-1-5-12-25/h1-14,16-21,31,34H,15,22-24,33H2/t31-/m0/s1. The predicted molar refractivity (Wildman–Crippen MR) is 145 cm³/mol. The molecule has 0 radical (unpaired) electrons. The number of nitrogens with two attached hydrogens (primary N) is 1. The molecule has 0 heterocycles. The summed E-state index contributed by atoms with van der Waals surface area (Å²) >= 11 is 0. The average Bonchev–Trinajstić information content (AvgIpc) is 2.90. The van der Waals surface area contributed by atoms with Gasteiger partial charge in [-0.15, -0.1) is 0 Å². The monoisotopic (exact) mass is 460 g/mol. The van der Waals surface area contributed by atoms with Gasteiger partial charge in [0.25, 0.3) is 0 Å². The normalized spacial score (nSPS) is 12.0. The molecule has 1 atom stereocenters. The number of benzene rings is 4. The molecule has 4 rings (SSSR count). The highest BCUT2D eigenvalue weighted by molar-refractivity contribution is 5.90. The summed E-state index contributed by atoms with van der Waals surface area (Å²) in [4.78, 5) is 12.9. The summed E-state index contributed by atoms with van der Waals surface area (Å²) in [6.07, 6.45) is 4.85. The fraction of sp³-hybridized carbons (Fsp3) is 0.156. The van der Waals surface area contributed by atoms with Crippen molar-refractivity contribution >= 4 is 11.5 Å². The second-order valence-corrected chi connectivity index (χ2v) is 8.77. The largest absolute Gasteiger partial charge is 0.398 e. The zero-order valence-electron chi connectivity index (χ0n) is 19.9. The summed E-state index contributed by atoms with van der Waals surface area (Å²) in [5.41, 5.74) is 12.8. The molecule has 0 unspecified atom stereocenters. The summed E-state index contributed by atoms with van der Waals surface area (Å²) in [6, 6.07) is 36.9. The van der Waals surface area contributed by atoms with E-state index in [1.54, 1.807) is 6.08 Å². The van der Waals surface area contributed by atoms with Crippen molar-refractivity contribution in [3.8, 4) is 0 Å². The van der Waals surface area contributed by atoms with Crippen LogP contribution in [0.25, 0.3) is 0 Å². The van der Waals surface area contributed by atoms with Gasteiger partial charge in [0.05, 0.1) is 0 Å². The molecule has 3 heteroatoms. The van der Waals surface area contributed by atoms with Crippen LogP contribution in [0.5, 0.6) is 0 Å². The Morgan fingerprint density at radius 2 is 1.37 bits per heavy atom. The van der Waals surface area contributed by atoms with Crippen molar-refractivity contribution in [2.45, 2.75) is 31.8 Å². The van der Waals surface area contributed by atoms with Gasteiger partial charge in [-0.1, -0.05) is 109 Å². The zero-order valence-corrected chi connectivity index (χ0v) is 19.9. The fourth-order valence-electron chi connectivity index (χ4n) is 4.26. The Morgan fingerprint density at radius 1 is 0.743 bits per heavy atom. The van der Waals surface area contributed by atoms with E-state index in [1.807, 2.05) is 66.7 Å². The van der Waals surface area contributed by atoms with Crippen LogP contribution in [0.1, 0.15) is 40.2 Å². The summed E-state index contributed by atoms with van der Waals surface area (Å²) in [5, 5.41) is 3.49. The predicted octanol–water partition coefficient (Wildman–Crippen LogP) is 6.45. The first kappa shape index (κ1) is 24.2. The lowest BCUT2D eigenvalue weighted by Crippen LogP contribution is -2.15. The third-order valence-electron chi connectivity index (χ3n) is 6.16. The minimum Gasteiger partial charge on any atom is -0.398 e. The van der Waals surface area contributed by atoms with Gasteiger partial charge in [-0.25, -0.2) is 0 Å². The molecule has 0 saturated carbocycles. The van der Waals surface area contributed by atoms with Crippen molar-refractivity contribution in [1.82, 2.24) is 5.32 Å². The molecule has 0 spiro atoms. The van der Waals surface area contributed by atoms with E-state index in [2.05, 4.69) is 53.8 Å². The maximum atomic E-state index is 12.9. The van der Waals surface area contributed by atoms with Crippen molar-refractivity contribution < 1.29 is 4.79 Å². The SMILES string of the molecule is Nc1ccc([C@@H](CC(=O)C=CCc2ccccc2)c2ccccc2)cc1CNCc1ccccc1. The van der Waals surface area contributed by atoms with Crippen LogP contribution >= 0.6 is 0 Å². The lowest BCUT2D eigenvalue weighted by molar-refractivity contribution is -0.114. The Balaban J connectivity index is 1.48. The lowest BCUT2D eigenvalue weighted by Gasteiger charge is -2.19. The Labute approximate surface area is 208 Å². The van der Waals surface area contributed by atoms with Crippen LogP contribution in [-0.4, -0.2) is 5.78 Å². The second kappa shape index (κ2) is 12.5. The van der Waals surface area contributed by atoms with Gasteiger partial charge in [-0.3, -0.25) is 4.79 Å². The van der Waals surface area contributed by atoms with Crippen LogP contribution in [0.2, 0.25) is 0 Å². The molecule has 176 valence electrons. The maximum Gasteiger partial charge on any atom is 0.156 e. The zero-order chi connectivity index (χ0) is 24.3. The number of ketones is 1. The van der Waals surface area contributed by atoms with E-state index in [0.717, 1.165) is 35.3 Å². The summed E-state index contributed by atoms with van der Waals surface area (Å²) < 4.78 is 0. The molecular weight excluding hydrogens is 428 g/mol.